The number of aromatic nitrogens is 2. The monoisotopic (exact) mass is 297 g/mol. The van der Waals surface area contributed by atoms with E-state index in [1.165, 1.54) is 12.8 Å². The van der Waals surface area contributed by atoms with Gasteiger partial charge in [-0.3, -0.25) is 4.79 Å². The molecule has 112 valence electrons. The zero-order chi connectivity index (χ0) is 14.7. The van der Waals surface area contributed by atoms with Gasteiger partial charge in [0.25, 0.3) is 5.56 Å². The van der Waals surface area contributed by atoms with Crippen LogP contribution in [0.4, 0.5) is 5.69 Å². The Morgan fingerprint density at radius 1 is 1.45 bits per heavy atom. The van der Waals surface area contributed by atoms with Gasteiger partial charge in [0.1, 0.15) is 5.69 Å². The van der Waals surface area contributed by atoms with Gasteiger partial charge in [0, 0.05) is 12.6 Å². The Hall–Kier alpha value is -1.03. The predicted molar refractivity (Wildman–Crippen MR) is 83.4 cm³/mol. The van der Waals surface area contributed by atoms with Crippen LogP contribution in [0.5, 0.6) is 0 Å². The van der Waals surface area contributed by atoms with Gasteiger partial charge >= 0.3 is 0 Å². The normalized spacial score (nSPS) is 16.4. The maximum atomic E-state index is 12.4. The number of halogens is 1. The molecule has 1 aromatic heterocycles. The summed E-state index contributed by atoms with van der Waals surface area (Å²) in [5.41, 5.74) is 0.406. The minimum atomic E-state index is -0.0952. The molecular weight excluding hydrogens is 274 g/mol. The molecule has 0 radical (unpaired) electrons. The molecule has 1 aliphatic rings. The number of hydrogen-bond donors (Lipinski definition) is 1. The van der Waals surface area contributed by atoms with Gasteiger partial charge in [0.2, 0.25) is 0 Å². The Morgan fingerprint density at radius 3 is 2.65 bits per heavy atom. The van der Waals surface area contributed by atoms with Crippen molar-refractivity contribution in [3.63, 3.8) is 0 Å². The molecule has 0 spiro atoms. The Kier molecular flexibility index (Phi) is 5.08. The summed E-state index contributed by atoms with van der Waals surface area (Å²) in [5, 5.41) is 7.87. The second-order valence-corrected chi connectivity index (χ2v) is 6.21. The molecule has 1 unspecified atom stereocenters. The second-order valence-electron chi connectivity index (χ2n) is 5.81. The summed E-state index contributed by atoms with van der Waals surface area (Å²) >= 11 is 6.15. The summed E-state index contributed by atoms with van der Waals surface area (Å²) in [6.07, 6.45) is 6.15. The van der Waals surface area contributed by atoms with Gasteiger partial charge in [0.05, 0.1) is 11.2 Å². The molecule has 2 rings (SSSR count). The van der Waals surface area contributed by atoms with Gasteiger partial charge in [0.15, 0.2) is 0 Å². The highest BCUT2D eigenvalue weighted by Crippen LogP contribution is 2.30. The minimum Gasteiger partial charge on any atom is -0.377 e. The van der Waals surface area contributed by atoms with Crippen molar-refractivity contribution in [1.29, 1.82) is 0 Å². The number of anilines is 1. The van der Waals surface area contributed by atoms with Gasteiger partial charge in [-0.2, -0.15) is 5.10 Å². The highest BCUT2D eigenvalue weighted by molar-refractivity contribution is 6.33. The third-order valence-corrected chi connectivity index (χ3v) is 4.54. The molecule has 4 nitrogen and oxygen atoms in total. The molecule has 20 heavy (non-hydrogen) atoms. The van der Waals surface area contributed by atoms with Crippen LogP contribution in [-0.4, -0.2) is 15.8 Å². The molecule has 0 aliphatic heterocycles. The second kappa shape index (κ2) is 6.61. The fourth-order valence-electron chi connectivity index (χ4n) is 2.62. The SMILES string of the molecule is CCC(CC)C(C)Nc1c(Cl)cnn(CC2CC2)c1=O. The van der Waals surface area contributed by atoms with Crippen molar-refractivity contribution in [1.82, 2.24) is 9.78 Å². The quantitative estimate of drug-likeness (QED) is 0.837. The van der Waals surface area contributed by atoms with Crippen LogP contribution in [0, 0.1) is 11.8 Å². The average Bonchev–Trinajstić information content (AvgIpc) is 3.23. The highest BCUT2D eigenvalue weighted by atomic mass is 35.5. The fraction of sp³-hybridized carbons (Fsp3) is 0.733. The lowest BCUT2D eigenvalue weighted by molar-refractivity contribution is 0.436. The maximum absolute atomic E-state index is 12.4. The average molecular weight is 298 g/mol. The molecule has 5 heteroatoms. The van der Waals surface area contributed by atoms with Crippen LogP contribution < -0.4 is 10.9 Å². The van der Waals surface area contributed by atoms with E-state index in [1.54, 1.807) is 10.9 Å². The smallest absolute Gasteiger partial charge is 0.291 e. The molecular formula is C15H24ClN3O. The molecule has 1 N–H and O–H groups in total. The number of nitrogens with one attached hydrogen (secondary N) is 1. The molecule has 0 amide bonds. The molecule has 1 heterocycles. The Balaban J connectivity index is 2.19. The van der Waals surface area contributed by atoms with Crippen LogP contribution in [0.25, 0.3) is 0 Å². The van der Waals surface area contributed by atoms with Crippen LogP contribution in [0.15, 0.2) is 11.0 Å². The van der Waals surface area contributed by atoms with Crippen molar-refractivity contribution >= 4 is 17.3 Å². The van der Waals surface area contributed by atoms with Gasteiger partial charge in [-0.05, 0) is 31.6 Å². The third-order valence-electron chi connectivity index (χ3n) is 4.25. The summed E-state index contributed by atoms with van der Waals surface area (Å²) in [7, 11) is 0. The van der Waals surface area contributed by atoms with E-state index in [9.17, 15) is 4.79 Å². The number of hydrogen-bond acceptors (Lipinski definition) is 3. The summed E-state index contributed by atoms with van der Waals surface area (Å²) in [4.78, 5) is 12.4. The van der Waals surface area contributed by atoms with Crippen LogP contribution in [0.2, 0.25) is 5.02 Å². The Bertz CT molecular complexity index is 506. The predicted octanol–water partition coefficient (Wildman–Crippen LogP) is 3.54. The van der Waals surface area contributed by atoms with E-state index in [-0.39, 0.29) is 11.6 Å². The topological polar surface area (TPSA) is 46.9 Å². The van der Waals surface area contributed by atoms with Crippen molar-refractivity contribution in [3.8, 4) is 0 Å². The summed E-state index contributed by atoms with van der Waals surface area (Å²) in [6, 6.07) is 0.229. The lowest BCUT2D eigenvalue weighted by atomic mass is 9.95. The van der Waals surface area contributed by atoms with Crippen molar-refractivity contribution in [3.05, 3.63) is 21.6 Å². The molecule has 0 saturated heterocycles. The maximum Gasteiger partial charge on any atom is 0.291 e. The van der Waals surface area contributed by atoms with Gasteiger partial charge < -0.3 is 5.32 Å². The first-order valence-corrected chi connectivity index (χ1v) is 7.96. The molecule has 0 aromatic carbocycles. The van der Waals surface area contributed by atoms with E-state index < -0.39 is 0 Å². The zero-order valence-electron chi connectivity index (χ0n) is 12.5. The summed E-state index contributed by atoms with van der Waals surface area (Å²) in [5.74, 6) is 1.15. The van der Waals surface area contributed by atoms with Crippen molar-refractivity contribution in [2.75, 3.05) is 5.32 Å². The Morgan fingerprint density at radius 2 is 2.10 bits per heavy atom. The van der Waals surface area contributed by atoms with Crippen LogP contribution in [-0.2, 0) is 6.54 Å². The minimum absolute atomic E-state index is 0.0952. The van der Waals surface area contributed by atoms with Gasteiger partial charge in [-0.15, -0.1) is 0 Å². The molecule has 1 saturated carbocycles. The van der Waals surface area contributed by atoms with Crippen molar-refractivity contribution in [2.45, 2.75) is 59.0 Å². The largest absolute Gasteiger partial charge is 0.377 e. The molecule has 1 atom stereocenters. The molecule has 1 aliphatic carbocycles. The summed E-state index contributed by atoms with van der Waals surface area (Å²) < 4.78 is 1.55. The van der Waals surface area contributed by atoms with E-state index in [4.69, 9.17) is 11.6 Å². The van der Waals surface area contributed by atoms with E-state index >= 15 is 0 Å². The first-order chi connectivity index (χ1) is 9.56. The highest BCUT2D eigenvalue weighted by Gasteiger charge is 2.24. The first kappa shape index (κ1) is 15.4. The lowest BCUT2D eigenvalue weighted by Gasteiger charge is -2.23. The fourth-order valence-corrected chi connectivity index (χ4v) is 2.79. The zero-order valence-corrected chi connectivity index (χ0v) is 13.3. The Labute approximate surface area is 125 Å². The molecule has 1 fully saturated rings. The van der Waals surface area contributed by atoms with E-state index in [0.717, 1.165) is 12.8 Å². The third kappa shape index (κ3) is 3.54. The van der Waals surface area contributed by atoms with E-state index in [0.29, 0.717) is 29.1 Å². The van der Waals surface area contributed by atoms with E-state index in [1.807, 2.05) is 0 Å². The van der Waals surface area contributed by atoms with Crippen LogP contribution >= 0.6 is 11.6 Å². The lowest BCUT2D eigenvalue weighted by Crippen LogP contribution is -2.32. The van der Waals surface area contributed by atoms with Crippen molar-refractivity contribution in [2.24, 2.45) is 11.8 Å². The van der Waals surface area contributed by atoms with Crippen LogP contribution in [0.1, 0.15) is 46.5 Å². The van der Waals surface area contributed by atoms with Gasteiger partial charge in [-0.1, -0.05) is 38.3 Å². The number of nitrogens with zero attached hydrogens (tertiary/aromatic N) is 2. The first-order valence-electron chi connectivity index (χ1n) is 7.58. The van der Waals surface area contributed by atoms with Crippen molar-refractivity contribution < 1.29 is 0 Å². The molecule has 0 bridgehead atoms. The van der Waals surface area contributed by atoms with Crippen LogP contribution in [0.3, 0.4) is 0 Å². The standard InChI is InChI=1S/C15H24ClN3O/c1-4-12(5-2)10(3)18-14-13(16)8-17-19(15(14)20)9-11-6-7-11/h8,10-12,18H,4-7,9H2,1-3H3. The number of rotatable bonds is 7. The van der Waals surface area contributed by atoms with Gasteiger partial charge in [-0.25, -0.2) is 4.68 Å². The summed E-state index contributed by atoms with van der Waals surface area (Å²) in [6.45, 7) is 7.17. The van der Waals surface area contributed by atoms with E-state index in [2.05, 4.69) is 31.2 Å². The molecule has 1 aromatic rings.